The lowest BCUT2D eigenvalue weighted by molar-refractivity contribution is -0.117. The summed E-state index contributed by atoms with van der Waals surface area (Å²) in [5.41, 5.74) is 0. The van der Waals surface area contributed by atoms with Gasteiger partial charge in [-0.3, -0.25) is 0 Å². The molecule has 0 heterocycles. The summed E-state index contributed by atoms with van der Waals surface area (Å²) in [5.74, 6) is 0.809. The number of hydrogen-bond acceptors (Lipinski definition) is 2. The highest BCUT2D eigenvalue weighted by Crippen LogP contribution is 2.31. The fourth-order valence-corrected chi connectivity index (χ4v) is 1.79. The van der Waals surface area contributed by atoms with Crippen LogP contribution < -0.4 is 0 Å². The average Bonchev–Trinajstić information content (AvgIpc) is 2.04. The molecule has 11 heavy (non-hydrogen) atoms. The zero-order valence-corrected chi connectivity index (χ0v) is 6.82. The maximum Gasteiger partial charge on any atom is 0.123 e. The quantitative estimate of drug-likeness (QED) is 0.564. The van der Waals surface area contributed by atoms with Crippen LogP contribution in [0.5, 0.6) is 0 Å². The highest BCUT2D eigenvalue weighted by molar-refractivity contribution is 5.57. The summed E-state index contributed by atoms with van der Waals surface area (Å²) in [5, 5.41) is 0. The Hall–Kier alpha value is -0.660. The third kappa shape index (κ3) is 1.88. The molecular formula is C9H14O2. The Labute approximate surface area is 67.0 Å². The van der Waals surface area contributed by atoms with Crippen LogP contribution in [0, 0.1) is 17.8 Å². The maximum absolute atomic E-state index is 10.5. The molecule has 0 spiro atoms. The second-order valence-corrected chi connectivity index (χ2v) is 3.49. The molecule has 0 aromatic carbocycles. The molecule has 0 saturated heterocycles. The zero-order chi connectivity index (χ0) is 8.27. The van der Waals surface area contributed by atoms with Gasteiger partial charge in [0, 0.05) is 11.8 Å². The van der Waals surface area contributed by atoms with Gasteiger partial charge in [0.25, 0.3) is 0 Å². The van der Waals surface area contributed by atoms with Crippen molar-refractivity contribution in [1.29, 1.82) is 0 Å². The van der Waals surface area contributed by atoms with Crippen LogP contribution in [0.2, 0.25) is 0 Å². The molecule has 1 saturated carbocycles. The topological polar surface area (TPSA) is 34.1 Å². The maximum atomic E-state index is 10.5. The molecule has 2 nitrogen and oxygen atoms in total. The Morgan fingerprint density at radius 3 is 2.36 bits per heavy atom. The molecule has 0 aromatic heterocycles. The van der Waals surface area contributed by atoms with Gasteiger partial charge in [-0.05, 0) is 25.2 Å². The highest BCUT2D eigenvalue weighted by Gasteiger charge is 2.26. The molecule has 1 aliphatic carbocycles. The van der Waals surface area contributed by atoms with Gasteiger partial charge in [-0.1, -0.05) is 6.92 Å². The number of aldehydes is 2. The van der Waals surface area contributed by atoms with Crippen molar-refractivity contribution in [1.82, 2.24) is 0 Å². The number of hydrogen-bond donors (Lipinski definition) is 0. The smallest absolute Gasteiger partial charge is 0.123 e. The van der Waals surface area contributed by atoms with Crippen molar-refractivity contribution in [3.8, 4) is 0 Å². The summed E-state index contributed by atoms with van der Waals surface area (Å²) in [6, 6.07) is 0. The van der Waals surface area contributed by atoms with Crippen LogP contribution in [0.25, 0.3) is 0 Å². The van der Waals surface area contributed by atoms with Gasteiger partial charge >= 0.3 is 0 Å². The molecule has 2 heteroatoms. The first-order valence-electron chi connectivity index (χ1n) is 4.18. The molecule has 0 aromatic rings. The van der Waals surface area contributed by atoms with Gasteiger partial charge in [-0.15, -0.1) is 0 Å². The highest BCUT2D eigenvalue weighted by atomic mass is 16.1. The first-order valence-corrected chi connectivity index (χ1v) is 4.18. The van der Waals surface area contributed by atoms with Crippen molar-refractivity contribution in [2.24, 2.45) is 17.8 Å². The zero-order valence-electron chi connectivity index (χ0n) is 6.82. The molecule has 3 unspecified atom stereocenters. The summed E-state index contributed by atoms with van der Waals surface area (Å²) >= 11 is 0. The Kier molecular flexibility index (Phi) is 2.80. The predicted octanol–water partition coefficient (Wildman–Crippen LogP) is 1.44. The van der Waals surface area contributed by atoms with E-state index in [1.54, 1.807) is 0 Å². The number of carbonyl (C=O) groups excluding carboxylic acids is 2. The van der Waals surface area contributed by atoms with Crippen LogP contribution in [0.4, 0.5) is 0 Å². The Morgan fingerprint density at radius 2 is 1.91 bits per heavy atom. The molecule has 3 atom stereocenters. The van der Waals surface area contributed by atoms with Crippen LogP contribution in [0.15, 0.2) is 0 Å². The van der Waals surface area contributed by atoms with Crippen molar-refractivity contribution in [2.45, 2.75) is 26.2 Å². The van der Waals surface area contributed by atoms with Crippen LogP contribution in [-0.4, -0.2) is 12.6 Å². The Balaban J connectivity index is 2.46. The first kappa shape index (κ1) is 8.44. The lowest BCUT2D eigenvalue weighted by Gasteiger charge is -2.27. The predicted molar refractivity (Wildman–Crippen MR) is 42.1 cm³/mol. The van der Waals surface area contributed by atoms with Gasteiger partial charge < -0.3 is 9.59 Å². The van der Waals surface area contributed by atoms with E-state index in [-0.39, 0.29) is 11.8 Å². The normalized spacial score (nSPS) is 38.1. The molecular weight excluding hydrogens is 140 g/mol. The van der Waals surface area contributed by atoms with E-state index in [1.165, 1.54) is 0 Å². The summed E-state index contributed by atoms with van der Waals surface area (Å²) in [6.45, 7) is 2.05. The van der Waals surface area contributed by atoms with Crippen molar-refractivity contribution in [2.75, 3.05) is 0 Å². The van der Waals surface area contributed by atoms with E-state index in [1.807, 2.05) is 0 Å². The third-order valence-electron chi connectivity index (χ3n) is 2.64. The second kappa shape index (κ2) is 3.65. The summed E-state index contributed by atoms with van der Waals surface area (Å²) in [4.78, 5) is 20.9. The molecule has 62 valence electrons. The standard InChI is InChI=1S/C9H14O2/c1-7-4-8(5-10)2-3-9(7)6-11/h5-9H,2-4H2,1H3. The lowest BCUT2D eigenvalue weighted by Crippen LogP contribution is -2.24. The van der Waals surface area contributed by atoms with Gasteiger partial charge in [0.05, 0.1) is 0 Å². The minimum atomic E-state index is 0.200. The van der Waals surface area contributed by atoms with Gasteiger partial charge in [0.1, 0.15) is 12.6 Å². The van der Waals surface area contributed by atoms with E-state index < -0.39 is 0 Å². The molecule has 1 fully saturated rings. The average molecular weight is 154 g/mol. The molecule has 1 aliphatic rings. The molecule has 0 bridgehead atoms. The summed E-state index contributed by atoms with van der Waals surface area (Å²) in [7, 11) is 0. The molecule has 0 aliphatic heterocycles. The van der Waals surface area contributed by atoms with Gasteiger partial charge in [-0.2, -0.15) is 0 Å². The Morgan fingerprint density at radius 1 is 1.18 bits per heavy atom. The van der Waals surface area contributed by atoms with E-state index in [4.69, 9.17) is 0 Å². The first-order chi connectivity index (χ1) is 5.27. The molecule has 0 amide bonds. The van der Waals surface area contributed by atoms with Gasteiger partial charge in [0.2, 0.25) is 0 Å². The van der Waals surface area contributed by atoms with Crippen molar-refractivity contribution in [3.63, 3.8) is 0 Å². The summed E-state index contributed by atoms with van der Waals surface area (Å²) < 4.78 is 0. The second-order valence-electron chi connectivity index (χ2n) is 3.49. The van der Waals surface area contributed by atoms with Gasteiger partial charge in [0.15, 0.2) is 0 Å². The molecule has 1 rings (SSSR count). The fourth-order valence-electron chi connectivity index (χ4n) is 1.79. The third-order valence-corrected chi connectivity index (χ3v) is 2.64. The van der Waals surface area contributed by atoms with Crippen molar-refractivity contribution < 1.29 is 9.59 Å². The fraction of sp³-hybridized carbons (Fsp3) is 0.778. The SMILES string of the molecule is CC1CC(C=O)CCC1C=O. The van der Waals surface area contributed by atoms with Crippen LogP contribution >= 0.6 is 0 Å². The number of rotatable bonds is 2. The van der Waals surface area contributed by atoms with E-state index in [2.05, 4.69) is 6.92 Å². The minimum Gasteiger partial charge on any atom is -0.303 e. The van der Waals surface area contributed by atoms with E-state index >= 15 is 0 Å². The van der Waals surface area contributed by atoms with E-state index in [0.717, 1.165) is 31.8 Å². The van der Waals surface area contributed by atoms with Crippen molar-refractivity contribution in [3.05, 3.63) is 0 Å². The van der Waals surface area contributed by atoms with Crippen LogP contribution in [-0.2, 0) is 9.59 Å². The monoisotopic (exact) mass is 154 g/mol. The van der Waals surface area contributed by atoms with Crippen LogP contribution in [0.1, 0.15) is 26.2 Å². The van der Waals surface area contributed by atoms with E-state index in [9.17, 15) is 9.59 Å². The van der Waals surface area contributed by atoms with Gasteiger partial charge in [-0.25, -0.2) is 0 Å². The van der Waals surface area contributed by atoms with E-state index in [0.29, 0.717) is 5.92 Å². The van der Waals surface area contributed by atoms with Crippen LogP contribution in [0.3, 0.4) is 0 Å². The largest absolute Gasteiger partial charge is 0.303 e. The summed E-state index contributed by atoms with van der Waals surface area (Å²) in [6.07, 6.45) is 4.75. The lowest BCUT2D eigenvalue weighted by atomic mass is 9.76. The number of carbonyl (C=O) groups is 2. The molecule has 0 radical (unpaired) electrons. The Bertz CT molecular complexity index is 154. The molecule has 0 N–H and O–H groups in total. The minimum absolute atomic E-state index is 0.200. The van der Waals surface area contributed by atoms with Crippen molar-refractivity contribution >= 4 is 12.6 Å².